The lowest BCUT2D eigenvalue weighted by molar-refractivity contribution is -0.139. The minimum Gasteiger partial charge on any atom is -0.493 e. The van der Waals surface area contributed by atoms with E-state index in [9.17, 15) is 9.90 Å². The fourth-order valence-corrected chi connectivity index (χ4v) is 2.63. The Labute approximate surface area is 135 Å². The topological polar surface area (TPSA) is 46.5 Å². The Hall–Kier alpha value is -2.00. The fourth-order valence-electron chi connectivity index (χ4n) is 2.36. The fraction of sp³-hybridized carbons (Fsp3) is 0.278. The first-order chi connectivity index (χ1) is 10.6. The van der Waals surface area contributed by atoms with E-state index in [-0.39, 0.29) is 0 Å². The summed E-state index contributed by atoms with van der Waals surface area (Å²) < 4.78 is 5.71. The van der Waals surface area contributed by atoms with Crippen molar-refractivity contribution < 1.29 is 14.6 Å². The lowest BCUT2D eigenvalue weighted by atomic mass is 9.94. The van der Waals surface area contributed by atoms with Crippen LogP contribution in [0, 0.1) is 6.92 Å². The van der Waals surface area contributed by atoms with Gasteiger partial charge in [-0.3, -0.25) is 4.79 Å². The molecule has 0 aliphatic carbocycles. The molecule has 0 saturated carbocycles. The summed E-state index contributed by atoms with van der Waals surface area (Å²) in [4.78, 5) is 11.5. The van der Waals surface area contributed by atoms with Crippen molar-refractivity contribution in [3.63, 3.8) is 0 Å². The number of benzene rings is 2. The van der Waals surface area contributed by atoms with Crippen molar-refractivity contribution in [2.45, 2.75) is 25.7 Å². The summed E-state index contributed by atoms with van der Waals surface area (Å²) in [6.07, 6.45) is 1.14. The van der Waals surface area contributed by atoms with E-state index in [1.54, 1.807) is 24.3 Å². The largest absolute Gasteiger partial charge is 0.493 e. The second-order valence-corrected chi connectivity index (χ2v) is 5.58. The lowest BCUT2D eigenvalue weighted by Gasteiger charge is -2.15. The summed E-state index contributed by atoms with van der Waals surface area (Å²) >= 11 is 6.10. The van der Waals surface area contributed by atoms with Crippen molar-refractivity contribution in [2.24, 2.45) is 0 Å². The van der Waals surface area contributed by atoms with Gasteiger partial charge in [-0.1, -0.05) is 48.0 Å². The zero-order chi connectivity index (χ0) is 15.9. The molecule has 0 radical (unpaired) electrons. The van der Waals surface area contributed by atoms with Gasteiger partial charge in [0.2, 0.25) is 0 Å². The molecule has 0 heterocycles. The van der Waals surface area contributed by atoms with Crippen LogP contribution >= 0.6 is 11.6 Å². The zero-order valence-electron chi connectivity index (χ0n) is 12.5. The molecule has 1 unspecified atom stereocenters. The predicted octanol–water partition coefficient (Wildman–Crippen LogP) is 4.68. The molecule has 0 aliphatic rings. The van der Waals surface area contributed by atoms with Gasteiger partial charge in [-0.25, -0.2) is 0 Å². The SMILES string of the molecule is Cc1ccccc1OCCCC(C(=O)O)c1ccccc1Cl. The van der Waals surface area contributed by atoms with Crippen LogP contribution in [0.4, 0.5) is 0 Å². The quantitative estimate of drug-likeness (QED) is 0.754. The minimum absolute atomic E-state index is 0.485. The Morgan fingerprint density at radius 3 is 2.55 bits per heavy atom. The maximum absolute atomic E-state index is 11.5. The Morgan fingerprint density at radius 1 is 1.18 bits per heavy atom. The number of ether oxygens (including phenoxy) is 1. The van der Waals surface area contributed by atoms with Crippen molar-refractivity contribution in [2.75, 3.05) is 6.61 Å². The molecule has 4 heteroatoms. The molecule has 22 heavy (non-hydrogen) atoms. The number of para-hydroxylation sites is 1. The molecule has 1 N–H and O–H groups in total. The number of hydrogen-bond acceptors (Lipinski definition) is 2. The Kier molecular flexibility index (Phi) is 5.84. The minimum atomic E-state index is -0.857. The smallest absolute Gasteiger partial charge is 0.311 e. The summed E-state index contributed by atoms with van der Waals surface area (Å²) in [6, 6.07) is 14.9. The van der Waals surface area contributed by atoms with Gasteiger partial charge in [-0.05, 0) is 43.0 Å². The van der Waals surface area contributed by atoms with Gasteiger partial charge in [-0.2, -0.15) is 0 Å². The summed E-state index contributed by atoms with van der Waals surface area (Å²) in [5.74, 6) is -0.620. The maximum Gasteiger partial charge on any atom is 0.311 e. The molecule has 0 aliphatic heterocycles. The van der Waals surface area contributed by atoms with Gasteiger partial charge in [0, 0.05) is 5.02 Å². The van der Waals surface area contributed by atoms with Crippen LogP contribution in [0.2, 0.25) is 5.02 Å². The van der Waals surface area contributed by atoms with Gasteiger partial charge in [-0.15, -0.1) is 0 Å². The standard InChI is InChI=1S/C18H19ClO3/c1-13-7-2-5-11-17(13)22-12-6-9-15(18(20)21)14-8-3-4-10-16(14)19/h2-5,7-8,10-11,15H,6,9,12H2,1H3,(H,20,21). The van der Waals surface area contributed by atoms with Crippen LogP contribution in [-0.4, -0.2) is 17.7 Å². The van der Waals surface area contributed by atoms with Crippen LogP contribution in [0.25, 0.3) is 0 Å². The number of carboxylic acid groups (broad SMARTS) is 1. The molecule has 116 valence electrons. The molecular formula is C18H19ClO3. The molecule has 0 aromatic heterocycles. The van der Waals surface area contributed by atoms with Crippen molar-refractivity contribution in [1.29, 1.82) is 0 Å². The first-order valence-electron chi connectivity index (χ1n) is 7.25. The molecule has 0 amide bonds. The normalized spacial score (nSPS) is 11.9. The third kappa shape index (κ3) is 4.25. The second-order valence-electron chi connectivity index (χ2n) is 5.17. The van der Waals surface area contributed by atoms with E-state index in [0.29, 0.717) is 30.0 Å². The van der Waals surface area contributed by atoms with E-state index in [2.05, 4.69) is 0 Å². The highest BCUT2D eigenvalue weighted by Crippen LogP contribution is 2.28. The summed E-state index contributed by atoms with van der Waals surface area (Å²) in [7, 11) is 0. The van der Waals surface area contributed by atoms with Crippen molar-refractivity contribution in [3.05, 3.63) is 64.7 Å². The summed E-state index contributed by atoms with van der Waals surface area (Å²) in [5, 5.41) is 9.91. The second kappa shape index (κ2) is 7.85. The molecular weight excluding hydrogens is 300 g/mol. The summed E-state index contributed by atoms with van der Waals surface area (Å²) in [6.45, 7) is 2.47. The van der Waals surface area contributed by atoms with Crippen LogP contribution in [-0.2, 0) is 4.79 Å². The van der Waals surface area contributed by atoms with Crippen molar-refractivity contribution >= 4 is 17.6 Å². The number of aliphatic carboxylic acids is 1. The van der Waals surface area contributed by atoms with E-state index in [0.717, 1.165) is 11.3 Å². The van der Waals surface area contributed by atoms with Crippen LogP contribution in [0.3, 0.4) is 0 Å². The molecule has 2 aromatic carbocycles. The third-order valence-corrected chi connectivity index (χ3v) is 3.91. The molecule has 2 aromatic rings. The summed E-state index contributed by atoms with van der Waals surface area (Å²) in [5.41, 5.74) is 1.73. The van der Waals surface area contributed by atoms with E-state index in [1.807, 2.05) is 31.2 Å². The van der Waals surface area contributed by atoms with Crippen LogP contribution in [0.1, 0.15) is 29.9 Å². The number of carbonyl (C=O) groups is 1. The van der Waals surface area contributed by atoms with Gasteiger partial charge in [0.1, 0.15) is 5.75 Å². The molecule has 1 atom stereocenters. The van der Waals surface area contributed by atoms with Gasteiger partial charge < -0.3 is 9.84 Å². The van der Waals surface area contributed by atoms with Gasteiger partial charge in [0.05, 0.1) is 12.5 Å². The molecule has 3 nitrogen and oxygen atoms in total. The van der Waals surface area contributed by atoms with E-state index >= 15 is 0 Å². The molecule has 0 fully saturated rings. The Morgan fingerprint density at radius 2 is 1.86 bits per heavy atom. The van der Waals surface area contributed by atoms with Crippen LogP contribution in [0.5, 0.6) is 5.75 Å². The molecule has 2 rings (SSSR count). The van der Waals surface area contributed by atoms with E-state index in [4.69, 9.17) is 16.3 Å². The molecule has 0 saturated heterocycles. The monoisotopic (exact) mass is 318 g/mol. The molecule has 0 bridgehead atoms. The van der Waals surface area contributed by atoms with E-state index in [1.165, 1.54) is 0 Å². The van der Waals surface area contributed by atoms with Gasteiger partial charge in [0.25, 0.3) is 0 Å². The first-order valence-corrected chi connectivity index (χ1v) is 7.63. The molecule has 0 spiro atoms. The van der Waals surface area contributed by atoms with Crippen LogP contribution < -0.4 is 4.74 Å². The highest BCUT2D eigenvalue weighted by Gasteiger charge is 2.21. The lowest BCUT2D eigenvalue weighted by Crippen LogP contribution is -2.13. The Bertz CT molecular complexity index is 640. The number of halogens is 1. The van der Waals surface area contributed by atoms with E-state index < -0.39 is 11.9 Å². The van der Waals surface area contributed by atoms with Crippen molar-refractivity contribution in [3.8, 4) is 5.75 Å². The number of rotatable bonds is 7. The van der Waals surface area contributed by atoms with Crippen molar-refractivity contribution in [1.82, 2.24) is 0 Å². The zero-order valence-corrected chi connectivity index (χ0v) is 13.2. The predicted molar refractivity (Wildman–Crippen MR) is 87.7 cm³/mol. The third-order valence-electron chi connectivity index (χ3n) is 3.57. The van der Waals surface area contributed by atoms with Gasteiger partial charge in [0.15, 0.2) is 0 Å². The highest BCUT2D eigenvalue weighted by atomic mass is 35.5. The number of hydrogen-bond donors (Lipinski definition) is 1. The average Bonchev–Trinajstić information content (AvgIpc) is 2.50. The number of aryl methyl sites for hydroxylation is 1. The Balaban J connectivity index is 1.92. The highest BCUT2D eigenvalue weighted by molar-refractivity contribution is 6.31. The maximum atomic E-state index is 11.5. The van der Waals surface area contributed by atoms with Crippen LogP contribution in [0.15, 0.2) is 48.5 Å². The first kappa shape index (κ1) is 16.4. The number of carboxylic acids is 1. The van der Waals surface area contributed by atoms with Gasteiger partial charge >= 0.3 is 5.97 Å². The average molecular weight is 319 g/mol.